The molecule has 0 radical (unpaired) electrons. The number of rotatable bonds is 15. The second-order valence-electron chi connectivity index (χ2n) is 9.89. The topological polar surface area (TPSA) is 120 Å². The summed E-state index contributed by atoms with van der Waals surface area (Å²) in [7, 11) is 4.69. The van der Waals surface area contributed by atoms with E-state index in [2.05, 4.69) is 10.9 Å². The number of aliphatic imine (C=N–C) groups is 1. The van der Waals surface area contributed by atoms with Crippen LogP contribution in [-0.4, -0.2) is 63.1 Å². The summed E-state index contributed by atoms with van der Waals surface area (Å²) in [4.78, 5) is 18.8. The molecule has 43 heavy (non-hydrogen) atoms. The third kappa shape index (κ3) is 7.65. The maximum atomic E-state index is 13.9. The molecular weight excluding hydrogens is 550 g/mol. The highest BCUT2D eigenvalue weighted by Gasteiger charge is 2.49. The van der Waals surface area contributed by atoms with Gasteiger partial charge in [-0.2, -0.15) is 0 Å². The van der Waals surface area contributed by atoms with Crippen molar-refractivity contribution in [2.24, 2.45) is 4.99 Å². The molecule has 0 spiro atoms. The minimum atomic E-state index is -1.24. The van der Waals surface area contributed by atoms with Gasteiger partial charge >= 0.3 is 0 Å². The summed E-state index contributed by atoms with van der Waals surface area (Å²) in [5.41, 5.74) is 7.08. The van der Waals surface area contributed by atoms with E-state index in [4.69, 9.17) is 33.8 Å². The van der Waals surface area contributed by atoms with Crippen LogP contribution in [0.4, 0.5) is 0 Å². The zero-order valence-corrected chi connectivity index (χ0v) is 25.0. The number of ether oxygens (including phenoxy) is 5. The summed E-state index contributed by atoms with van der Waals surface area (Å²) in [6.07, 6.45) is 4.20. The summed E-state index contributed by atoms with van der Waals surface area (Å²) < 4.78 is 28.2. The lowest BCUT2D eigenvalue weighted by molar-refractivity contribution is -0.129. The molecule has 2 atom stereocenters. The molecule has 0 unspecified atom stereocenters. The number of hydrogen-bond donors (Lipinski definition) is 3. The Hall–Kier alpha value is -4.54. The maximum Gasteiger partial charge on any atom is 0.266 e. The van der Waals surface area contributed by atoms with E-state index in [9.17, 15) is 4.79 Å². The van der Waals surface area contributed by atoms with Crippen molar-refractivity contribution in [1.82, 2.24) is 10.9 Å². The van der Waals surface area contributed by atoms with E-state index in [1.165, 1.54) is 0 Å². The number of aliphatic hydroxyl groups excluding tert-OH is 1. The van der Waals surface area contributed by atoms with Gasteiger partial charge in [0.25, 0.3) is 5.91 Å². The highest BCUT2D eigenvalue weighted by atomic mass is 16.5. The van der Waals surface area contributed by atoms with Gasteiger partial charge < -0.3 is 28.8 Å². The van der Waals surface area contributed by atoms with Crippen LogP contribution >= 0.6 is 0 Å². The second kappa shape index (κ2) is 15.1. The number of amides is 1. The van der Waals surface area contributed by atoms with Gasteiger partial charge in [-0.1, -0.05) is 42.5 Å². The van der Waals surface area contributed by atoms with Gasteiger partial charge in [-0.05, 0) is 36.8 Å². The van der Waals surface area contributed by atoms with Crippen molar-refractivity contribution in [3.05, 3.63) is 89.5 Å². The van der Waals surface area contributed by atoms with Crippen molar-refractivity contribution in [2.75, 3.05) is 34.5 Å². The van der Waals surface area contributed by atoms with Crippen molar-refractivity contribution >= 4 is 17.9 Å². The van der Waals surface area contributed by atoms with Gasteiger partial charge in [0.2, 0.25) is 5.90 Å². The van der Waals surface area contributed by atoms with Crippen LogP contribution in [0.1, 0.15) is 36.5 Å². The molecule has 1 aliphatic rings. The predicted octanol–water partition coefficient (Wildman–Crippen LogP) is 4.30. The zero-order chi connectivity index (χ0) is 30.7. The van der Waals surface area contributed by atoms with E-state index in [-0.39, 0.29) is 19.1 Å². The number of nitrogens with zero attached hydrogens (tertiary/aromatic N) is 1. The average molecular weight is 590 g/mol. The molecule has 0 saturated heterocycles. The van der Waals surface area contributed by atoms with Crippen molar-refractivity contribution < 1.29 is 33.6 Å². The fourth-order valence-corrected chi connectivity index (χ4v) is 4.70. The minimum Gasteiger partial charge on any atom is -0.496 e. The second-order valence-corrected chi connectivity index (χ2v) is 9.89. The first-order chi connectivity index (χ1) is 20.9. The van der Waals surface area contributed by atoms with Crippen LogP contribution in [0.2, 0.25) is 0 Å². The number of benzene rings is 3. The van der Waals surface area contributed by atoms with Gasteiger partial charge in [0, 0.05) is 43.7 Å². The standard InChI is InChI=1S/C33H39N3O7/c1-23-33(17-8-12-24-10-6-5-7-11-24,35-31(43-23)25-13-15-26(16-14-25)42-19-9-18-37)32(38)36-34-22-28-29(40-3)20-27(39-2)21-30(28)41-4/h5-8,10-16,20-21,23,34,37H,9,17-19,22H2,1-4H3,(H,36,38)/b12-8+/t23-,33-/m0/s1. The Labute approximate surface area is 252 Å². The molecule has 1 aliphatic heterocycles. The molecule has 0 aliphatic carbocycles. The van der Waals surface area contributed by atoms with Crippen molar-refractivity contribution in [3.63, 3.8) is 0 Å². The number of methoxy groups -OCH3 is 3. The Morgan fingerprint density at radius 1 is 1.00 bits per heavy atom. The first-order valence-corrected chi connectivity index (χ1v) is 14.1. The summed E-state index contributed by atoms with van der Waals surface area (Å²) in [5.74, 6) is 2.40. The fraction of sp³-hybridized carbons (Fsp3) is 0.333. The van der Waals surface area contributed by atoms with E-state index in [0.717, 1.165) is 11.1 Å². The third-order valence-corrected chi connectivity index (χ3v) is 7.15. The predicted molar refractivity (Wildman–Crippen MR) is 165 cm³/mol. The minimum absolute atomic E-state index is 0.0690. The van der Waals surface area contributed by atoms with E-state index in [1.807, 2.05) is 73.7 Å². The van der Waals surface area contributed by atoms with Gasteiger partial charge in [0.1, 0.15) is 29.1 Å². The SMILES string of the molecule is COc1cc(OC)c(CNNC(=O)[C@@]2(C/C=C/c3ccccc3)N=C(c3ccc(OCCCO)cc3)O[C@H]2C)c(OC)c1. The van der Waals surface area contributed by atoms with E-state index >= 15 is 0 Å². The van der Waals surface area contributed by atoms with Crippen molar-refractivity contribution in [2.45, 2.75) is 38.0 Å². The summed E-state index contributed by atoms with van der Waals surface area (Å²) >= 11 is 0. The molecule has 0 saturated carbocycles. The molecule has 1 amide bonds. The lowest BCUT2D eigenvalue weighted by Gasteiger charge is -2.27. The highest BCUT2D eigenvalue weighted by molar-refractivity contribution is 6.00. The van der Waals surface area contributed by atoms with E-state index in [1.54, 1.807) is 33.5 Å². The number of carbonyl (C=O) groups is 1. The van der Waals surface area contributed by atoms with Crippen LogP contribution in [0.5, 0.6) is 23.0 Å². The largest absolute Gasteiger partial charge is 0.496 e. The average Bonchev–Trinajstić information content (AvgIpc) is 3.38. The van der Waals surface area contributed by atoms with Crippen molar-refractivity contribution in [1.29, 1.82) is 0 Å². The monoisotopic (exact) mass is 589 g/mol. The molecule has 3 aromatic carbocycles. The smallest absolute Gasteiger partial charge is 0.266 e. The number of hydrogen-bond acceptors (Lipinski definition) is 9. The zero-order valence-electron chi connectivity index (χ0n) is 25.0. The molecule has 0 aromatic heterocycles. The first kappa shape index (κ1) is 31.4. The Balaban J connectivity index is 1.56. The Kier molecular flexibility index (Phi) is 11.0. The Morgan fingerprint density at radius 3 is 2.33 bits per heavy atom. The molecule has 10 nitrogen and oxygen atoms in total. The molecule has 3 aromatic rings. The fourth-order valence-electron chi connectivity index (χ4n) is 4.70. The molecule has 1 heterocycles. The third-order valence-electron chi connectivity index (χ3n) is 7.15. The Morgan fingerprint density at radius 2 is 1.70 bits per heavy atom. The molecule has 4 rings (SSSR count). The van der Waals surface area contributed by atoms with Gasteiger partial charge in [-0.3, -0.25) is 10.2 Å². The van der Waals surface area contributed by atoms with Gasteiger partial charge in [-0.15, -0.1) is 0 Å². The van der Waals surface area contributed by atoms with Gasteiger partial charge in [-0.25, -0.2) is 10.4 Å². The number of hydrazine groups is 1. The molecular formula is C33H39N3O7. The quantitative estimate of drug-likeness (QED) is 0.177. The highest BCUT2D eigenvalue weighted by Crippen LogP contribution is 2.35. The molecule has 10 heteroatoms. The normalized spacial score (nSPS) is 17.7. The van der Waals surface area contributed by atoms with Crippen LogP contribution in [0, 0.1) is 0 Å². The van der Waals surface area contributed by atoms with Crippen LogP contribution < -0.4 is 29.8 Å². The van der Waals surface area contributed by atoms with E-state index < -0.39 is 11.6 Å². The summed E-state index contributed by atoms with van der Waals surface area (Å²) in [5, 5.41) is 8.99. The van der Waals surface area contributed by atoms with Crippen molar-refractivity contribution in [3.8, 4) is 23.0 Å². The first-order valence-electron chi connectivity index (χ1n) is 14.1. The van der Waals surface area contributed by atoms with Crippen LogP contribution in [-0.2, 0) is 16.1 Å². The summed E-state index contributed by atoms with van der Waals surface area (Å²) in [6, 6.07) is 20.7. The van der Waals surface area contributed by atoms with Gasteiger partial charge in [0.15, 0.2) is 5.54 Å². The van der Waals surface area contributed by atoms with E-state index in [0.29, 0.717) is 53.9 Å². The van der Waals surface area contributed by atoms with Crippen LogP contribution in [0.25, 0.3) is 6.08 Å². The van der Waals surface area contributed by atoms with Crippen LogP contribution in [0.3, 0.4) is 0 Å². The summed E-state index contributed by atoms with van der Waals surface area (Å²) in [6.45, 7) is 2.55. The molecule has 228 valence electrons. The number of carbonyl (C=O) groups excluding carboxylic acids is 1. The molecule has 3 N–H and O–H groups in total. The lowest BCUT2D eigenvalue weighted by Crippen LogP contribution is -2.54. The number of nitrogens with one attached hydrogen (secondary N) is 2. The lowest BCUT2D eigenvalue weighted by atomic mass is 9.89. The van der Waals surface area contributed by atoms with Gasteiger partial charge in [0.05, 0.1) is 33.5 Å². The maximum absolute atomic E-state index is 13.9. The Bertz CT molecular complexity index is 1380. The van der Waals surface area contributed by atoms with Crippen LogP contribution in [0.15, 0.2) is 77.8 Å². The molecule has 0 bridgehead atoms. The molecule has 0 fully saturated rings. The number of aliphatic hydroxyl groups is 1.